The van der Waals surface area contributed by atoms with E-state index >= 15 is 0 Å². The Balaban J connectivity index is 2.73. The Kier molecular flexibility index (Phi) is 4.14. The van der Waals surface area contributed by atoms with Crippen molar-refractivity contribution in [2.24, 2.45) is 5.73 Å². The van der Waals surface area contributed by atoms with Gasteiger partial charge in [-0.2, -0.15) is 0 Å². The summed E-state index contributed by atoms with van der Waals surface area (Å²) in [6, 6.07) is 4.35. The fraction of sp³-hybridized carbons (Fsp3) is 0.429. The first-order valence-corrected chi connectivity index (χ1v) is 6.77. The van der Waals surface area contributed by atoms with Crippen LogP contribution in [-0.4, -0.2) is 27.0 Å². The summed E-state index contributed by atoms with van der Waals surface area (Å²) in [5.41, 5.74) is 7.33. The summed E-state index contributed by atoms with van der Waals surface area (Å²) in [7, 11) is 1.50. The zero-order valence-corrected chi connectivity index (χ0v) is 13.0. The van der Waals surface area contributed by atoms with E-state index in [1.807, 2.05) is 20.8 Å². The molecule has 0 unspecified atom stereocenters. The Hall–Kier alpha value is -2.48. The van der Waals surface area contributed by atoms with Crippen molar-refractivity contribution in [3.8, 4) is 11.4 Å². The maximum absolute atomic E-state index is 11.0. The van der Waals surface area contributed by atoms with E-state index < -0.39 is 4.92 Å². The molecule has 0 aliphatic carbocycles. The Labute approximate surface area is 128 Å². The van der Waals surface area contributed by atoms with Crippen LogP contribution in [0.2, 0.25) is 0 Å². The third-order valence-corrected chi connectivity index (χ3v) is 3.25. The van der Waals surface area contributed by atoms with Gasteiger partial charge in [0.2, 0.25) is 0 Å². The lowest BCUT2D eigenvalue weighted by Gasteiger charge is -2.21. The number of hydrogen-bond acceptors (Lipinski definition) is 6. The van der Waals surface area contributed by atoms with Crippen molar-refractivity contribution in [2.75, 3.05) is 7.11 Å². The van der Waals surface area contributed by atoms with Crippen LogP contribution in [0.3, 0.4) is 0 Å². The van der Waals surface area contributed by atoms with E-state index in [9.17, 15) is 10.1 Å². The van der Waals surface area contributed by atoms with Gasteiger partial charge in [-0.05, 0) is 6.07 Å². The smallest absolute Gasteiger partial charge is 0.271 e. The molecule has 0 spiro atoms. The predicted molar refractivity (Wildman–Crippen MR) is 81.2 cm³/mol. The van der Waals surface area contributed by atoms with Crippen molar-refractivity contribution in [1.29, 1.82) is 0 Å². The summed E-state index contributed by atoms with van der Waals surface area (Å²) in [5.74, 6) is 0.476. The maximum Gasteiger partial charge on any atom is 0.271 e. The highest BCUT2D eigenvalue weighted by Gasteiger charge is 2.27. The van der Waals surface area contributed by atoms with E-state index in [2.05, 4.69) is 10.3 Å². The highest BCUT2D eigenvalue weighted by molar-refractivity contribution is 5.54. The molecule has 1 heterocycles. The number of benzene rings is 1. The summed E-state index contributed by atoms with van der Waals surface area (Å²) in [5, 5.41) is 19.2. The molecule has 0 radical (unpaired) electrons. The number of methoxy groups -OCH3 is 1. The van der Waals surface area contributed by atoms with Crippen molar-refractivity contribution in [3.63, 3.8) is 0 Å². The van der Waals surface area contributed by atoms with Crippen LogP contribution in [0.25, 0.3) is 5.69 Å². The highest BCUT2D eigenvalue weighted by atomic mass is 16.6. The van der Waals surface area contributed by atoms with Crippen molar-refractivity contribution >= 4 is 5.69 Å². The molecular weight excluding hydrogens is 286 g/mol. The average Bonchev–Trinajstić information content (AvgIpc) is 2.90. The van der Waals surface area contributed by atoms with Crippen molar-refractivity contribution in [2.45, 2.75) is 32.7 Å². The van der Waals surface area contributed by atoms with E-state index in [0.29, 0.717) is 17.1 Å². The molecule has 1 aromatic carbocycles. The van der Waals surface area contributed by atoms with E-state index in [0.717, 1.165) is 5.69 Å². The van der Waals surface area contributed by atoms with Gasteiger partial charge in [-0.3, -0.25) is 10.1 Å². The quantitative estimate of drug-likeness (QED) is 0.683. The lowest BCUT2D eigenvalue weighted by molar-refractivity contribution is -0.384. The second kappa shape index (κ2) is 5.72. The molecule has 0 aliphatic heterocycles. The monoisotopic (exact) mass is 305 g/mol. The van der Waals surface area contributed by atoms with Gasteiger partial charge < -0.3 is 10.5 Å². The third-order valence-electron chi connectivity index (χ3n) is 3.25. The molecule has 0 atom stereocenters. The summed E-state index contributed by atoms with van der Waals surface area (Å²) >= 11 is 0. The molecule has 0 amide bonds. The molecule has 0 saturated carbocycles. The Bertz CT molecular complexity index is 703. The Morgan fingerprint density at radius 2 is 2.09 bits per heavy atom. The summed E-state index contributed by atoms with van der Waals surface area (Å²) < 4.78 is 6.87. The van der Waals surface area contributed by atoms with E-state index in [4.69, 9.17) is 10.5 Å². The molecule has 8 nitrogen and oxygen atoms in total. The van der Waals surface area contributed by atoms with Crippen molar-refractivity contribution < 1.29 is 9.66 Å². The van der Waals surface area contributed by atoms with Gasteiger partial charge in [-0.1, -0.05) is 26.0 Å². The zero-order valence-electron chi connectivity index (χ0n) is 13.0. The minimum atomic E-state index is -0.458. The second-order valence-electron chi connectivity index (χ2n) is 5.86. The Morgan fingerprint density at radius 1 is 1.41 bits per heavy atom. The number of nitro benzene ring substituents is 1. The van der Waals surface area contributed by atoms with Gasteiger partial charge in [0.05, 0.1) is 17.7 Å². The number of non-ortho nitro benzene ring substituents is 1. The van der Waals surface area contributed by atoms with E-state index in [-0.39, 0.29) is 17.6 Å². The number of nitrogens with two attached hydrogens (primary N) is 1. The zero-order chi connectivity index (χ0) is 16.5. The number of rotatable bonds is 4. The molecule has 8 heteroatoms. The average molecular weight is 305 g/mol. The van der Waals surface area contributed by atoms with Crippen LogP contribution in [0, 0.1) is 10.1 Å². The molecule has 118 valence electrons. The second-order valence-corrected chi connectivity index (χ2v) is 5.86. The van der Waals surface area contributed by atoms with Crippen LogP contribution < -0.4 is 10.5 Å². The van der Waals surface area contributed by atoms with Gasteiger partial charge in [-0.15, -0.1) is 5.10 Å². The standard InChI is InChI=1S/C14H19N5O3/c1-14(2,3)13-10(8-15)16-17-18(13)11-7-9(19(20)21)5-6-12(11)22-4/h5-7H,8,15H2,1-4H3. The van der Waals surface area contributed by atoms with Crippen LogP contribution >= 0.6 is 0 Å². The molecule has 1 aromatic heterocycles. The van der Waals surface area contributed by atoms with Crippen LogP contribution in [0.4, 0.5) is 5.69 Å². The first kappa shape index (κ1) is 15.9. The van der Waals surface area contributed by atoms with Gasteiger partial charge in [0.1, 0.15) is 17.1 Å². The van der Waals surface area contributed by atoms with Crippen LogP contribution in [0.1, 0.15) is 32.2 Å². The molecule has 0 aliphatic rings. The van der Waals surface area contributed by atoms with Crippen LogP contribution in [-0.2, 0) is 12.0 Å². The largest absolute Gasteiger partial charge is 0.494 e. The molecule has 22 heavy (non-hydrogen) atoms. The summed E-state index contributed by atoms with van der Waals surface area (Å²) in [6.07, 6.45) is 0. The number of hydrogen-bond donors (Lipinski definition) is 1. The van der Waals surface area contributed by atoms with Gasteiger partial charge in [0, 0.05) is 24.1 Å². The van der Waals surface area contributed by atoms with E-state index in [1.165, 1.54) is 19.2 Å². The molecule has 0 bridgehead atoms. The topological polar surface area (TPSA) is 109 Å². The molecule has 2 aromatic rings. The third kappa shape index (κ3) is 2.77. The summed E-state index contributed by atoms with van der Waals surface area (Å²) in [4.78, 5) is 10.6. The van der Waals surface area contributed by atoms with Gasteiger partial charge in [0.15, 0.2) is 0 Å². The molecule has 0 saturated heterocycles. The van der Waals surface area contributed by atoms with Crippen molar-refractivity contribution in [3.05, 3.63) is 39.7 Å². The molecular formula is C14H19N5O3. The first-order chi connectivity index (χ1) is 10.3. The lowest BCUT2D eigenvalue weighted by atomic mass is 9.90. The number of nitrogens with zero attached hydrogens (tertiary/aromatic N) is 4. The fourth-order valence-corrected chi connectivity index (χ4v) is 2.33. The first-order valence-electron chi connectivity index (χ1n) is 6.77. The van der Waals surface area contributed by atoms with Gasteiger partial charge in [0.25, 0.3) is 5.69 Å². The van der Waals surface area contributed by atoms with Gasteiger partial charge >= 0.3 is 0 Å². The molecule has 0 fully saturated rings. The fourth-order valence-electron chi connectivity index (χ4n) is 2.33. The highest BCUT2D eigenvalue weighted by Crippen LogP contribution is 2.32. The number of nitro groups is 1. The molecule has 2 rings (SSSR count). The number of ether oxygens (including phenoxy) is 1. The Morgan fingerprint density at radius 3 is 2.59 bits per heavy atom. The normalized spacial score (nSPS) is 11.5. The van der Waals surface area contributed by atoms with E-state index in [1.54, 1.807) is 10.7 Å². The van der Waals surface area contributed by atoms with Gasteiger partial charge in [-0.25, -0.2) is 4.68 Å². The predicted octanol–water partition coefficient (Wildman–Crippen LogP) is 1.94. The van der Waals surface area contributed by atoms with Crippen LogP contribution in [0.5, 0.6) is 5.75 Å². The SMILES string of the molecule is COc1ccc([N+](=O)[O-])cc1-n1nnc(CN)c1C(C)(C)C. The number of aromatic nitrogens is 3. The minimum Gasteiger partial charge on any atom is -0.494 e. The summed E-state index contributed by atoms with van der Waals surface area (Å²) in [6.45, 7) is 6.26. The minimum absolute atomic E-state index is 0.0412. The lowest BCUT2D eigenvalue weighted by Crippen LogP contribution is -2.21. The van der Waals surface area contributed by atoms with Crippen molar-refractivity contribution in [1.82, 2.24) is 15.0 Å². The van der Waals surface area contributed by atoms with Crippen LogP contribution in [0.15, 0.2) is 18.2 Å². The maximum atomic E-state index is 11.0. The molecule has 2 N–H and O–H groups in total.